The van der Waals surface area contributed by atoms with Crippen LogP contribution in [0.4, 0.5) is 11.5 Å². The number of pyridine rings is 1. The van der Waals surface area contributed by atoms with Crippen LogP contribution in [0.15, 0.2) is 164 Å². The fourth-order valence-electron chi connectivity index (χ4n) is 7.77. The van der Waals surface area contributed by atoms with Gasteiger partial charge in [0.1, 0.15) is 0 Å². The zero-order valence-electron chi connectivity index (χ0n) is 31.2. The Morgan fingerprint density at radius 3 is 1.95 bits per heavy atom. The van der Waals surface area contributed by atoms with Crippen molar-refractivity contribution in [2.45, 2.75) is 39.0 Å². The van der Waals surface area contributed by atoms with Gasteiger partial charge in [0.15, 0.2) is 0 Å². The van der Waals surface area contributed by atoms with Gasteiger partial charge in [-0.2, -0.15) is 0 Å². The summed E-state index contributed by atoms with van der Waals surface area (Å²) >= 11 is 2.50. The van der Waals surface area contributed by atoms with Crippen molar-refractivity contribution in [2.24, 2.45) is 0 Å². The molecular formula is C49H42N4OPt. The molecule has 6 heteroatoms. The number of aryl methyl sites for hydroxylation is 1. The molecule has 55 heavy (non-hydrogen) atoms. The normalized spacial score (nSPS) is 12.9. The second-order valence-corrected chi connectivity index (χ2v) is 16.1. The van der Waals surface area contributed by atoms with Crippen molar-refractivity contribution in [3.8, 4) is 45.1 Å². The summed E-state index contributed by atoms with van der Waals surface area (Å²) in [5.74, 6) is 2.57. The zero-order valence-corrected chi connectivity index (χ0v) is 33.5. The van der Waals surface area contributed by atoms with Crippen molar-refractivity contribution in [1.29, 1.82) is 0 Å². The number of nitrogens with zero attached hydrogens (tertiary/aromatic N) is 4. The summed E-state index contributed by atoms with van der Waals surface area (Å²) in [6.07, 6.45) is 4.07. The van der Waals surface area contributed by atoms with Crippen molar-refractivity contribution in [1.82, 2.24) is 14.1 Å². The molecule has 3 heterocycles. The number of hydrogen-bond donors (Lipinski definition) is 0. The van der Waals surface area contributed by atoms with E-state index in [1.165, 1.54) is 33.4 Å². The van der Waals surface area contributed by atoms with Crippen LogP contribution in [-0.2, 0) is 31.2 Å². The molecule has 8 aromatic rings. The van der Waals surface area contributed by atoms with Gasteiger partial charge >= 0.3 is 291 Å². The summed E-state index contributed by atoms with van der Waals surface area (Å²) < 4.78 is 12.5. The number of hydrogen-bond acceptors (Lipinski definition) is 3. The average molecular weight is 898 g/mol. The van der Waals surface area contributed by atoms with Crippen LogP contribution in [0.5, 0.6) is 11.5 Å². The maximum atomic E-state index is 6.70. The Hall–Kier alpha value is -5.77. The number of aromatic nitrogens is 3. The molecule has 0 atom stereocenters. The van der Waals surface area contributed by atoms with Crippen LogP contribution < -0.4 is 9.64 Å². The summed E-state index contributed by atoms with van der Waals surface area (Å²) in [6, 6.07) is 56.0. The van der Waals surface area contributed by atoms with Crippen LogP contribution in [0, 0.1) is 3.80 Å². The van der Waals surface area contributed by atoms with Gasteiger partial charge in [0.2, 0.25) is 0 Å². The molecule has 0 N–H and O–H groups in total. The van der Waals surface area contributed by atoms with Crippen LogP contribution in [0.2, 0.25) is 0 Å². The molecule has 5 nitrogen and oxygen atoms in total. The summed E-state index contributed by atoms with van der Waals surface area (Å²) in [5.41, 5.74) is 12.9. The van der Waals surface area contributed by atoms with E-state index in [1.807, 2.05) is 12.3 Å². The fourth-order valence-corrected chi connectivity index (χ4v) is 8.86. The molecule has 0 saturated carbocycles. The third kappa shape index (κ3) is 6.68. The number of ether oxygens (including phenoxy) is 1. The molecule has 0 fully saturated rings. The Labute approximate surface area is 333 Å². The first-order valence-corrected chi connectivity index (χ1v) is 20.0. The topological polar surface area (TPSA) is 35.2 Å². The molecule has 0 saturated heterocycles. The van der Waals surface area contributed by atoms with E-state index in [0.29, 0.717) is 0 Å². The Kier molecular flexibility index (Phi) is 9.20. The van der Waals surface area contributed by atoms with E-state index in [2.05, 4.69) is 206 Å². The van der Waals surface area contributed by atoms with Gasteiger partial charge in [0, 0.05) is 6.20 Å². The molecule has 1 aliphatic heterocycles. The van der Waals surface area contributed by atoms with Crippen LogP contribution in [0.3, 0.4) is 0 Å². The van der Waals surface area contributed by atoms with E-state index < -0.39 is 0 Å². The molecule has 6 aromatic carbocycles. The van der Waals surface area contributed by atoms with E-state index in [4.69, 9.17) is 9.72 Å². The van der Waals surface area contributed by atoms with E-state index in [9.17, 15) is 0 Å². The second-order valence-electron chi connectivity index (χ2n) is 15.1. The zero-order chi connectivity index (χ0) is 37.5. The predicted octanol–water partition coefficient (Wildman–Crippen LogP) is 12.4. The SMILES string of the molecule is CC(C)(C)c1ccnc(N2CCCc3ccc(Oc4cccc(-n5[c](=[Pt])n(-c6c(-c7ccccc7)cccc6-c6ccccc6)c6ccccc65)c4)cc32)c1. The number of para-hydroxylation sites is 3. The van der Waals surface area contributed by atoms with Crippen LogP contribution in [0.25, 0.3) is 44.7 Å². The minimum absolute atomic E-state index is 0.0456. The van der Waals surface area contributed by atoms with Crippen molar-refractivity contribution < 1.29 is 24.1 Å². The number of benzene rings is 6. The first-order valence-electron chi connectivity index (χ1n) is 18.9. The molecule has 0 unspecified atom stereocenters. The van der Waals surface area contributed by atoms with Crippen molar-refractivity contribution in [3.05, 3.63) is 179 Å². The third-order valence-electron chi connectivity index (χ3n) is 10.5. The van der Waals surface area contributed by atoms with Gasteiger partial charge in [-0.15, -0.1) is 0 Å². The molecule has 274 valence electrons. The number of imidazole rings is 1. The Bertz CT molecular complexity index is 2670. The average Bonchev–Trinajstić information content (AvgIpc) is 3.52. The van der Waals surface area contributed by atoms with Gasteiger partial charge in [-0.1, -0.05) is 20.8 Å². The van der Waals surface area contributed by atoms with E-state index in [-0.39, 0.29) is 5.41 Å². The number of anilines is 2. The quantitative estimate of drug-likeness (QED) is 0.160. The van der Waals surface area contributed by atoms with Gasteiger partial charge in [0.25, 0.3) is 0 Å². The van der Waals surface area contributed by atoms with E-state index in [0.717, 1.165) is 68.6 Å². The molecular weight excluding hydrogens is 856 g/mol. The monoisotopic (exact) mass is 897 g/mol. The molecule has 0 radical (unpaired) electrons. The number of fused-ring (bicyclic) bond motifs is 2. The molecule has 0 spiro atoms. The Morgan fingerprint density at radius 1 is 0.618 bits per heavy atom. The van der Waals surface area contributed by atoms with Crippen molar-refractivity contribution in [3.63, 3.8) is 0 Å². The van der Waals surface area contributed by atoms with Gasteiger partial charge in [-0.05, 0) is 17.0 Å². The van der Waals surface area contributed by atoms with Crippen molar-refractivity contribution >= 4 is 22.5 Å². The fraction of sp³-hybridized carbons (Fsp3) is 0.143. The molecule has 2 aromatic heterocycles. The molecule has 0 aliphatic carbocycles. The molecule has 0 bridgehead atoms. The summed E-state index contributed by atoms with van der Waals surface area (Å²) in [6.45, 7) is 7.67. The summed E-state index contributed by atoms with van der Waals surface area (Å²) in [7, 11) is 0. The van der Waals surface area contributed by atoms with Crippen molar-refractivity contribution in [2.75, 3.05) is 11.4 Å². The first-order chi connectivity index (χ1) is 26.8. The summed E-state index contributed by atoms with van der Waals surface area (Å²) in [5, 5.41) is 0. The van der Waals surface area contributed by atoms with Gasteiger partial charge < -0.3 is 0 Å². The predicted molar refractivity (Wildman–Crippen MR) is 221 cm³/mol. The second kappa shape index (κ2) is 14.5. The molecule has 1 aliphatic rings. The van der Waals surface area contributed by atoms with Gasteiger partial charge in [-0.25, -0.2) is 0 Å². The van der Waals surface area contributed by atoms with Crippen LogP contribution >= 0.6 is 0 Å². The molecule has 0 amide bonds. The minimum atomic E-state index is 0.0456. The van der Waals surface area contributed by atoms with E-state index >= 15 is 0 Å². The standard InChI is InChI=1S/C49H42N4O.Pt/c1-49(2,3)38-28-29-50-47(31-38)51-30-14-19-37-26-27-41(33-46(37)51)54-40-21-12-20-39(32-40)52-34-53(45-25-11-10-24-44(45)52)48-42(35-15-6-4-7-16-35)22-13-23-43(48)36-17-8-5-9-18-36;/h4-13,15-18,20-29,31-33H,14,19,30H2,1-3H3;. The molecule has 9 rings (SSSR count). The van der Waals surface area contributed by atoms with Crippen LogP contribution in [0.1, 0.15) is 38.3 Å². The first kappa shape index (κ1) is 35.0. The van der Waals surface area contributed by atoms with Gasteiger partial charge in [0.05, 0.1) is 0 Å². The van der Waals surface area contributed by atoms with Crippen LogP contribution in [-0.4, -0.2) is 20.7 Å². The number of rotatable bonds is 7. The Morgan fingerprint density at radius 2 is 1.25 bits per heavy atom. The van der Waals surface area contributed by atoms with E-state index in [1.54, 1.807) is 0 Å². The Balaban J connectivity index is 1.13. The van der Waals surface area contributed by atoms with Gasteiger partial charge in [-0.3, -0.25) is 0 Å². The third-order valence-corrected chi connectivity index (χ3v) is 11.5. The summed E-state index contributed by atoms with van der Waals surface area (Å²) in [4.78, 5) is 7.16. The maximum absolute atomic E-state index is 6.70.